The maximum Gasteiger partial charge on any atom is 0.322 e. The maximum absolute atomic E-state index is 11.2. The number of hydrogen-bond donors (Lipinski definition) is 2. The summed E-state index contributed by atoms with van der Waals surface area (Å²) < 4.78 is 0. The molecule has 1 unspecified atom stereocenters. The maximum atomic E-state index is 11.2. The number of imide groups is 1. The lowest BCUT2D eigenvalue weighted by Gasteiger charge is -2.06. The molecule has 2 rings (SSSR count). The fourth-order valence-corrected chi connectivity index (χ4v) is 1.82. The van der Waals surface area contributed by atoms with Crippen molar-refractivity contribution in [3.63, 3.8) is 0 Å². The molecule has 4 nitrogen and oxygen atoms in total. The van der Waals surface area contributed by atoms with Crippen LogP contribution in [0.5, 0.6) is 0 Å². The summed E-state index contributed by atoms with van der Waals surface area (Å²) in [5.74, 6) is -0.210. The third-order valence-electron chi connectivity index (χ3n) is 2.66. The number of urea groups is 1. The number of amides is 3. The van der Waals surface area contributed by atoms with E-state index in [1.807, 2.05) is 18.2 Å². The number of hydrogen-bond acceptors (Lipinski definition) is 2. The second-order valence-electron chi connectivity index (χ2n) is 3.89. The summed E-state index contributed by atoms with van der Waals surface area (Å²) in [6.07, 6.45) is 2.51. The first-order valence-corrected chi connectivity index (χ1v) is 5.41. The fourth-order valence-electron chi connectivity index (χ4n) is 1.82. The first kappa shape index (κ1) is 10.7. The van der Waals surface area contributed by atoms with Gasteiger partial charge in [0.25, 0.3) is 5.91 Å². The highest BCUT2D eigenvalue weighted by Gasteiger charge is 2.28. The number of aryl methyl sites for hydroxylation is 1. The van der Waals surface area contributed by atoms with Gasteiger partial charge in [-0.05, 0) is 24.8 Å². The number of carbonyl (C=O) groups is 2. The van der Waals surface area contributed by atoms with Gasteiger partial charge in [-0.1, -0.05) is 30.3 Å². The Morgan fingerprint density at radius 1 is 1.12 bits per heavy atom. The molecule has 0 bridgehead atoms. The van der Waals surface area contributed by atoms with Gasteiger partial charge in [-0.15, -0.1) is 0 Å². The molecule has 0 aromatic heterocycles. The molecule has 1 atom stereocenters. The Labute approximate surface area is 94.0 Å². The van der Waals surface area contributed by atoms with Crippen LogP contribution >= 0.6 is 0 Å². The van der Waals surface area contributed by atoms with Gasteiger partial charge in [0.2, 0.25) is 0 Å². The Balaban J connectivity index is 1.76. The van der Waals surface area contributed by atoms with Crippen LogP contribution in [0, 0.1) is 0 Å². The van der Waals surface area contributed by atoms with Crippen LogP contribution in [0.15, 0.2) is 30.3 Å². The minimum absolute atomic E-state index is 0.210. The first-order chi connectivity index (χ1) is 7.75. The smallest absolute Gasteiger partial charge is 0.322 e. The van der Waals surface area contributed by atoms with Gasteiger partial charge in [0.1, 0.15) is 6.04 Å². The summed E-state index contributed by atoms with van der Waals surface area (Å²) in [6, 6.07) is 9.37. The van der Waals surface area contributed by atoms with Crippen LogP contribution in [0.1, 0.15) is 18.4 Å². The molecule has 1 heterocycles. The SMILES string of the molecule is O=C1NC(=O)C(CCCc2ccccc2)N1. The Bertz CT molecular complexity index is 389. The highest BCUT2D eigenvalue weighted by atomic mass is 16.2. The molecule has 3 amide bonds. The monoisotopic (exact) mass is 218 g/mol. The van der Waals surface area contributed by atoms with E-state index in [0.717, 1.165) is 12.8 Å². The molecule has 0 radical (unpaired) electrons. The van der Waals surface area contributed by atoms with Crippen molar-refractivity contribution in [1.29, 1.82) is 0 Å². The zero-order chi connectivity index (χ0) is 11.4. The van der Waals surface area contributed by atoms with Crippen LogP contribution in [-0.2, 0) is 11.2 Å². The molecule has 16 heavy (non-hydrogen) atoms. The molecule has 1 fully saturated rings. The highest BCUT2D eigenvalue weighted by Crippen LogP contribution is 2.08. The van der Waals surface area contributed by atoms with Crippen molar-refractivity contribution >= 4 is 11.9 Å². The average molecular weight is 218 g/mol. The van der Waals surface area contributed by atoms with E-state index in [1.54, 1.807) is 0 Å². The average Bonchev–Trinajstić information content (AvgIpc) is 2.59. The molecule has 0 aliphatic carbocycles. The van der Waals surface area contributed by atoms with Crippen molar-refractivity contribution < 1.29 is 9.59 Å². The van der Waals surface area contributed by atoms with Crippen LogP contribution in [0.2, 0.25) is 0 Å². The number of rotatable bonds is 4. The van der Waals surface area contributed by atoms with Gasteiger partial charge >= 0.3 is 6.03 Å². The predicted molar refractivity (Wildman–Crippen MR) is 59.8 cm³/mol. The summed E-state index contributed by atoms with van der Waals surface area (Å²) in [7, 11) is 0. The Hall–Kier alpha value is -1.84. The molecule has 2 N–H and O–H groups in total. The van der Waals surface area contributed by atoms with E-state index in [-0.39, 0.29) is 18.0 Å². The molecule has 1 aliphatic heterocycles. The molecule has 0 spiro atoms. The van der Waals surface area contributed by atoms with E-state index >= 15 is 0 Å². The van der Waals surface area contributed by atoms with Gasteiger partial charge in [0.05, 0.1) is 0 Å². The summed E-state index contributed by atoms with van der Waals surface area (Å²) in [4.78, 5) is 22.1. The molecule has 1 aliphatic rings. The first-order valence-electron chi connectivity index (χ1n) is 5.41. The van der Waals surface area contributed by atoms with Crippen molar-refractivity contribution in [2.24, 2.45) is 0 Å². The second-order valence-corrected chi connectivity index (χ2v) is 3.89. The summed E-state index contributed by atoms with van der Waals surface area (Å²) in [5.41, 5.74) is 1.26. The van der Waals surface area contributed by atoms with Crippen molar-refractivity contribution in [2.45, 2.75) is 25.3 Å². The lowest BCUT2D eigenvalue weighted by atomic mass is 10.1. The zero-order valence-corrected chi connectivity index (χ0v) is 8.90. The van der Waals surface area contributed by atoms with E-state index < -0.39 is 0 Å². The van der Waals surface area contributed by atoms with Crippen molar-refractivity contribution in [3.05, 3.63) is 35.9 Å². The quantitative estimate of drug-likeness (QED) is 0.746. The molecule has 1 saturated heterocycles. The standard InChI is InChI=1S/C12H14N2O2/c15-11-10(13-12(16)14-11)8-4-7-9-5-2-1-3-6-9/h1-3,5-6,10H,4,7-8H2,(H2,13,14,15,16). The number of nitrogens with one attached hydrogen (secondary N) is 2. The number of carbonyl (C=O) groups excluding carboxylic acids is 2. The van der Waals surface area contributed by atoms with E-state index in [4.69, 9.17) is 0 Å². The summed E-state index contributed by atoms with van der Waals surface area (Å²) in [5, 5.41) is 4.82. The van der Waals surface area contributed by atoms with E-state index in [0.29, 0.717) is 6.42 Å². The van der Waals surface area contributed by atoms with Crippen molar-refractivity contribution in [1.82, 2.24) is 10.6 Å². The van der Waals surface area contributed by atoms with Crippen LogP contribution in [0.3, 0.4) is 0 Å². The molecule has 84 valence electrons. The molecule has 4 heteroatoms. The Morgan fingerprint density at radius 2 is 1.88 bits per heavy atom. The van der Waals surface area contributed by atoms with Gasteiger partial charge < -0.3 is 5.32 Å². The Kier molecular flexibility index (Phi) is 3.19. The van der Waals surface area contributed by atoms with Crippen LogP contribution in [0.4, 0.5) is 4.79 Å². The number of benzene rings is 1. The minimum Gasteiger partial charge on any atom is -0.326 e. The lowest BCUT2D eigenvalue weighted by Crippen LogP contribution is -2.28. The molecule has 1 aromatic rings. The molecular formula is C12H14N2O2. The van der Waals surface area contributed by atoms with E-state index in [1.165, 1.54) is 5.56 Å². The highest BCUT2D eigenvalue weighted by molar-refractivity contribution is 6.04. The summed E-state index contributed by atoms with van der Waals surface area (Å²) in [6.45, 7) is 0. The van der Waals surface area contributed by atoms with Crippen molar-refractivity contribution in [2.75, 3.05) is 0 Å². The van der Waals surface area contributed by atoms with Crippen LogP contribution in [0.25, 0.3) is 0 Å². The third kappa shape index (κ3) is 2.59. The van der Waals surface area contributed by atoms with Crippen LogP contribution < -0.4 is 10.6 Å². The normalized spacial score (nSPS) is 19.4. The lowest BCUT2D eigenvalue weighted by molar-refractivity contribution is -0.120. The molecule has 0 saturated carbocycles. The Morgan fingerprint density at radius 3 is 2.50 bits per heavy atom. The van der Waals surface area contributed by atoms with E-state index in [2.05, 4.69) is 22.8 Å². The largest absolute Gasteiger partial charge is 0.326 e. The fraction of sp³-hybridized carbons (Fsp3) is 0.333. The summed E-state index contributed by atoms with van der Waals surface area (Å²) >= 11 is 0. The second kappa shape index (κ2) is 4.79. The van der Waals surface area contributed by atoms with Gasteiger partial charge in [0, 0.05) is 0 Å². The van der Waals surface area contributed by atoms with Crippen molar-refractivity contribution in [3.8, 4) is 0 Å². The van der Waals surface area contributed by atoms with Crippen LogP contribution in [-0.4, -0.2) is 18.0 Å². The van der Waals surface area contributed by atoms with Gasteiger partial charge in [-0.25, -0.2) is 4.79 Å². The minimum atomic E-state index is -0.380. The zero-order valence-electron chi connectivity index (χ0n) is 8.90. The van der Waals surface area contributed by atoms with Gasteiger partial charge in [0.15, 0.2) is 0 Å². The topological polar surface area (TPSA) is 58.2 Å². The third-order valence-corrected chi connectivity index (χ3v) is 2.66. The van der Waals surface area contributed by atoms with Gasteiger partial charge in [-0.2, -0.15) is 0 Å². The molecular weight excluding hydrogens is 204 g/mol. The molecule has 1 aromatic carbocycles. The van der Waals surface area contributed by atoms with E-state index in [9.17, 15) is 9.59 Å². The predicted octanol–water partition coefficient (Wildman–Crippen LogP) is 1.22. The van der Waals surface area contributed by atoms with Gasteiger partial charge in [-0.3, -0.25) is 10.1 Å².